The second-order valence-corrected chi connectivity index (χ2v) is 5.71. The first-order chi connectivity index (χ1) is 10.5. The van der Waals surface area contributed by atoms with E-state index in [1.54, 1.807) is 0 Å². The van der Waals surface area contributed by atoms with Gasteiger partial charge in [-0.2, -0.15) is 0 Å². The maximum atomic E-state index is 12.6. The van der Waals surface area contributed by atoms with Crippen molar-refractivity contribution in [2.75, 3.05) is 11.9 Å². The van der Waals surface area contributed by atoms with Crippen molar-refractivity contribution in [3.05, 3.63) is 64.2 Å². The SMILES string of the molecule is CCNCc1cccc(NC(=O)c2c(C)cc(C)cc2C)c1.Cl. The monoisotopic (exact) mass is 332 g/mol. The molecule has 0 radical (unpaired) electrons. The number of anilines is 1. The zero-order valence-electron chi connectivity index (χ0n) is 14.2. The molecule has 0 aliphatic heterocycles. The molecule has 0 aliphatic rings. The summed E-state index contributed by atoms with van der Waals surface area (Å²) in [6, 6.07) is 12.1. The molecule has 3 nitrogen and oxygen atoms in total. The molecular weight excluding hydrogens is 308 g/mol. The molecule has 2 aromatic rings. The van der Waals surface area contributed by atoms with E-state index in [9.17, 15) is 4.79 Å². The number of carbonyl (C=O) groups is 1. The number of hydrogen-bond acceptors (Lipinski definition) is 2. The fourth-order valence-corrected chi connectivity index (χ4v) is 2.76. The summed E-state index contributed by atoms with van der Waals surface area (Å²) in [6.45, 7) is 9.83. The Morgan fingerprint density at radius 2 is 1.70 bits per heavy atom. The van der Waals surface area contributed by atoms with Crippen LogP contribution in [0, 0.1) is 20.8 Å². The molecule has 0 unspecified atom stereocenters. The minimum Gasteiger partial charge on any atom is -0.322 e. The lowest BCUT2D eigenvalue weighted by atomic mass is 9.99. The molecule has 0 aromatic heterocycles. The van der Waals surface area contributed by atoms with E-state index < -0.39 is 0 Å². The number of nitrogens with one attached hydrogen (secondary N) is 2. The zero-order valence-corrected chi connectivity index (χ0v) is 15.0. The summed E-state index contributed by atoms with van der Waals surface area (Å²) in [5.74, 6) is -0.0457. The van der Waals surface area contributed by atoms with Crippen molar-refractivity contribution in [1.82, 2.24) is 5.32 Å². The van der Waals surface area contributed by atoms with Gasteiger partial charge in [-0.05, 0) is 56.1 Å². The first kappa shape index (κ1) is 19.2. The Labute approximate surface area is 144 Å². The fraction of sp³-hybridized carbons (Fsp3) is 0.316. The number of amides is 1. The summed E-state index contributed by atoms with van der Waals surface area (Å²) in [6.07, 6.45) is 0. The maximum Gasteiger partial charge on any atom is 0.256 e. The molecule has 0 aliphatic carbocycles. The van der Waals surface area contributed by atoms with Crippen LogP contribution in [0.3, 0.4) is 0 Å². The number of halogens is 1. The second-order valence-electron chi connectivity index (χ2n) is 5.71. The lowest BCUT2D eigenvalue weighted by Gasteiger charge is -2.12. The van der Waals surface area contributed by atoms with E-state index in [0.717, 1.165) is 41.0 Å². The fourth-order valence-electron chi connectivity index (χ4n) is 2.76. The highest BCUT2D eigenvalue weighted by Gasteiger charge is 2.13. The van der Waals surface area contributed by atoms with E-state index in [0.29, 0.717) is 0 Å². The maximum absolute atomic E-state index is 12.6. The van der Waals surface area contributed by atoms with Gasteiger partial charge in [-0.3, -0.25) is 4.79 Å². The van der Waals surface area contributed by atoms with Crippen LogP contribution in [0.15, 0.2) is 36.4 Å². The van der Waals surface area contributed by atoms with Crippen molar-refractivity contribution in [2.24, 2.45) is 0 Å². The predicted molar refractivity (Wildman–Crippen MR) is 99.7 cm³/mol. The summed E-state index contributed by atoms with van der Waals surface area (Å²) in [5.41, 5.74) is 5.97. The highest BCUT2D eigenvalue weighted by molar-refractivity contribution is 6.06. The lowest BCUT2D eigenvalue weighted by Crippen LogP contribution is -2.16. The molecule has 0 fully saturated rings. The van der Waals surface area contributed by atoms with Gasteiger partial charge in [0, 0.05) is 17.8 Å². The number of benzene rings is 2. The number of hydrogen-bond donors (Lipinski definition) is 2. The van der Waals surface area contributed by atoms with Crippen molar-refractivity contribution < 1.29 is 4.79 Å². The molecule has 124 valence electrons. The van der Waals surface area contributed by atoms with Crippen LogP contribution < -0.4 is 10.6 Å². The quantitative estimate of drug-likeness (QED) is 0.852. The largest absolute Gasteiger partial charge is 0.322 e. The van der Waals surface area contributed by atoms with Crippen LogP contribution in [0.2, 0.25) is 0 Å². The zero-order chi connectivity index (χ0) is 16.1. The highest BCUT2D eigenvalue weighted by Crippen LogP contribution is 2.19. The van der Waals surface area contributed by atoms with Gasteiger partial charge in [0.15, 0.2) is 0 Å². The van der Waals surface area contributed by atoms with Crippen LogP contribution in [0.5, 0.6) is 0 Å². The van der Waals surface area contributed by atoms with Crippen LogP contribution in [0.4, 0.5) is 5.69 Å². The number of rotatable bonds is 5. The van der Waals surface area contributed by atoms with Gasteiger partial charge in [-0.15, -0.1) is 12.4 Å². The molecule has 1 amide bonds. The standard InChI is InChI=1S/C19H24N2O.ClH/c1-5-20-12-16-7-6-8-17(11-16)21-19(22)18-14(3)9-13(2)10-15(18)4;/h6-11,20H,5,12H2,1-4H3,(H,21,22);1H. The van der Waals surface area contributed by atoms with Crippen LogP contribution >= 0.6 is 12.4 Å². The van der Waals surface area contributed by atoms with Gasteiger partial charge in [0.2, 0.25) is 0 Å². The van der Waals surface area contributed by atoms with E-state index in [4.69, 9.17) is 0 Å². The van der Waals surface area contributed by atoms with E-state index in [1.165, 1.54) is 5.56 Å². The van der Waals surface area contributed by atoms with Crippen molar-refractivity contribution >= 4 is 24.0 Å². The summed E-state index contributed by atoms with van der Waals surface area (Å²) in [5, 5.41) is 6.30. The molecule has 23 heavy (non-hydrogen) atoms. The average molecular weight is 333 g/mol. The van der Waals surface area contributed by atoms with Crippen molar-refractivity contribution in [3.63, 3.8) is 0 Å². The molecule has 0 heterocycles. The third-order valence-electron chi connectivity index (χ3n) is 3.67. The third-order valence-corrected chi connectivity index (χ3v) is 3.67. The van der Waals surface area contributed by atoms with Gasteiger partial charge in [0.1, 0.15) is 0 Å². The van der Waals surface area contributed by atoms with Crippen molar-refractivity contribution in [3.8, 4) is 0 Å². The summed E-state index contributed by atoms with van der Waals surface area (Å²) in [7, 11) is 0. The molecular formula is C19H25ClN2O. The van der Waals surface area contributed by atoms with E-state index in [1.807, 2.05) is 51.1 Å². The Balaban J connectivity index is 0.00000264. The molecule has 0 spiro atoms. The molecule has 0 saturated carbocycles. The van der Waals surface area contributed by atoms with Gasteiger partial charge >= 0.3 is 0 Å². The van der Waals surface area contributed by atoms with Crippen molar-refractivity contribution in [1.29, 1.82) is 0 Å². The van der Waals surface area contributed by atoms with E-state index >= 15 is 0 Å². The minimum absolute atomic E-state index is 0. The predicted octanol–water partition coefficient (Wildman–Crippen LogP) is 4.40. The minimum atomic E-state index is -0.0457. The van der Waals surface area contributed by atoms with Crippen LogP contribution in [0.1, 0.15) is 39.5 Å². The Kier molecular flexibility index (Phi) is 7.27. The Morgan fingerprint density at radius 3 is 2.30 bits per heavy atom. The van der Waals surface area contributed by atoms with Crippen LogP contribution in [-0.4, -0.2) is 12.5 Å². The molecule has 2 rings (SSSR count). The molecule has 2 N–H and O–H groups in total. The Hall–Kier alpha value is -1.84. The smallest absolute Gasteiger partial charge is 0.256 e. The topological polar surface area (TPSA) is 41.1 Å². The van der Waals surface area contributed by atoms with Crippen LogP contribution in [0.25, 0.3) is 0 Å². The Bertz CT molecular complexity index is 660. The second kappa shape index (κ2) is 8.70. The van der Waals surface area contributed by atoms with Crippen LogP contribution in [-0.2, 0) is 6.54 Å². The van der Waals surface area contributed by atoms with Gasteiger partial charge in [0.05, 0.1) is 0 Å². The molecule has 0 atom stereocenters. The van der Waals surface area contributed by atoms with Crippen molar-refractivity contribution in [2.45, 2.75) is 34.2 Å². The Morgan fingerprint density at radius 1 is 1.04 bits per heavy atom. The lowest BCUT2D eigenvalue weighted by molar-refractivity contribution is 0.102. The number of carbonyl (C=O) groups excluding carboxylic acids is 1. The molecule has 0 bridgehead atoms. The molecule has 2 aromatic carbocycles. The third kappa shape index (κ3) is 5.08. The van der Waals surface area contributed by atoms with E-state index in [-0.39, 0.29) is 18.3 Å². The van der Waals surface area contributed by atoms with E-state index in [2.05, 4.69) is 23.6 Å². The van der Waals surface area contributed by atoms with Gasteiger partial charge in [0.25, 0.3) is 5.91 Å². The summed E-state index contributed by atoms with van der Waals surface area (Å²) < 4.78 is 0. The van der Waals surface area contributed by atoms with Gasteiger partial charge in [-0.25, -0.2) is 0 Å². The summed E-state index contributed by atoms with van der Waals surface area (Å²) >= 11 is 0. The highest BCUT2D eigenvalue weighted by atomic mass is 35.5. The average Bonchev–Trinajstić information content (AvgIpc) is 2.44. The molecule has 0 saturated heterocycles. The normalized spacial score (nSPS) is 10.1. The first-order valence-corrected chi connectivity index (χ1v) is 7.70. The molecule has 4 heteroatoms. The summed E-state index contributed by atoms with van der Waals surface area (Å²) in [4.78, 5) is 12.6. The van der Waals surface area contributed by atoms with Gasteiger partial charge < -0.3 is 10.6 Å². The number of aryl methyl sites for hydroxylation is 3. The first-order valence-electron chi connectivity index (χ1n) is 7.70. The van der Waals surface area contributed by atoms with Gasteiger partial charge in [-0.1, -0.05) is 36.8 Å².